The standard InChI is InChI=1S/C37H41N5O9S3/c1-20-23(9-8-10-24(20)17-52-21(2)43)15-25-18-53-33-29(32(45)42(33)30(25)34(46)50-16-22-11-13-26(48-6)14-12-22)39-31(44)28(41-49-7)27-19-54-35(38-27)40-36(47)51-37(3,4)5/h8-14,19,29,33H,15-18H2,1-7H3,(H,39,44)(H,38,40,47). The molecule has 3 aromatic rings. The predicted octanol–water partition coefficient (Wildman–Crippen LogP) is 5.58. The third-order valence-corrected chi connectivity index (χ3v) is 11.2. The molecule has 2 aromatic carbocycles. The smallest absolute Gasteiger partial charge is 0.413 e. The molecule has 1 saturated heterocycles. The lowest BCUT2D eigenvalue weighted by Crippen LogP contribution is -2.71. The lowest BCUT2D eigenvalue weighted by atomic mass is 9.95. The Balaban J connectivity index is 1.36. The van der Waals surface area contributed by atoms with E-state index in [1.807, 2.05) is 25.1 Å². The Kier molecular flexibility index (Phi) is 13.1. The average molecular weight is 796 g/mol. The van der Waals surface area contributed by atoms with Gasteiger partial charge in [-0.25, -0.2) is 14.6 Å². The van der Waals surface area contributed by atoms with Crippen LogP contribution in [0, 0.1) is 6.92 Å². The third kappa shape index (κ3) is 9.81. The minimum absolute atomic E-state index is 0.0178. The van der Waals surface area contributed by atoms with E-state index in [0.29, 0.717) is 29.2 Å². The van der Waals surface area contributed by atoms with Gasteiger partial charge in [-0.1, -0.05) is 47.2 Å². The first-order valence-corrected chi connectivity index (χ1v) is 19.7. The fourth-order valence-corrected chi connectivity index (χ4v) is 8.27. The van der Waals surface area contributed by atoms with Gasteiger partial charge in [0.25, 0.3) is 11.8 Å². The summed E-state index contributed by atoms with van der Waals surface area (Å²) < 4.78 is 16.3. The van der Waals surface area contributed by atoms with Crippen LogP contribution in [0.5, 0.6) is 5.75 Å². The molecule has 286 valence electrons. The maximum Gasteiger partial charge on any atom is 0.413 e. The fraction of sp³-hybridized carbons (Fsp3) is 0.378. The molecule has 54 heavy (non-hydrogen) atoms. The number of esters is 1. The summed E-state index contributed by atoms with van der Waals surface area (Å²) in [6, 6.07) is 11.9. The van der Waals surface area contributed by atoms with Gasteiger partial charge in [0.15, 0.2) is 16.0 Å². The Labute approximate surface area is 325 Å². The molecule has 2 atom stereocenters. The van der Waals surface area contributed by atoms with Crippen LogP contribution in [0.2, 0.25) is 0 Å². The van der Waals surface area contributed by atoms with Crippen molar-refractivity contribution in [2.45, 2.75) is 70.4 Å². The minimum atomic E-state index is -0.998. The lowest BCUT2D eigenvalue weighted by Gasteiger charge is -2.49. The fourth-order valence-electron chi connectivity index (χ4n) is 5.58. The van der Waals surface area contributed by atoms with Gasteiger partial charge < -0.3 is 24.4 Å². The molecular formula is C37H41N5O9S3. The number of hydrogen-bond acceptors (Lipinski definition) is 14. The molecule has 5 rings (SSSR count). The molecule has 2 aliphatic rings. The number of oxime groups is 1. The first kappa shape index (κ1) is 40.3. The number of amides is 3. The molecule has 3 heterocycles. The summed E-state index contributed by atoms with van der Waals surface area (Å²) >= 11 is 3.68. The second-order valence-electron chi connectivity index (χ2n) is 13.2. The highest BCUT2D eigenvalue weighted by molar-refractivity contribution is 8.12. The zero-order valence-corrected chi connectivity index (χ0v) is 33.3. The van der Waals surface area contributed by atoms with E-state index in [2.05, 4.69) is 20.8 Å². The molecule has 3 amide bonds. The van der Waals surface area contributed by atoms with E-state index in [1.165, 1.54) is 47.8 Å². The van der Waals surface area contributed by atoms with Gasteiger partial charge in [0.05, 0.1) is 7.11 Å². The maximum absolute atomic E-state index is 13.9. The predicted molar refractivity (Wildman–Crippen MR) is 207 cm³/mol. The number of rotatable bonds is 13. The molecule has 2 aliphatic heterocycles. The van der Waals surface area contributed by atoms with E-state index >= 15 is 0 Å². The summed E-state index contributed by atoms with van der Waals surface area (Å²) in [4.78, 5) is 75.9. The van der Waals surface area contributed by atoms with Crippen molar-refractivity contribution in [2.75, 3.05) is 25.3 Å². The van der Waals surface area contributed by atoms with Gasteiger partial charge in [0.2, 0.25) is 0 Å². The van der Waals surface area contributed by atoms with Crippen LogP contribution >= 0.6 is 34.9 Å². The van der Waals surface area contributed by atoms with Gasteiger partial charge in [-0.3, -0.25) is 24.6 Å². The van der Waals surface area contributed by atoms with Gasteiger partial charge in [-0.15, -0.1) is 23.1 Å². The van der Waals surface area contributed by atoms with Crippen molar-refractivity contribution in [2.24, 2.45) is 5.16 Å². The number of benzene rings is 2. The number of nitrogens with zero attached hydrogens (tertiary/aromatic N) is 3. The van der Waals surface area contributed by atoms with Crippen molar-refractivity contribution >= 4 is 74.7 Å². The maximum atomic E-state index is 13.9. The van der Waals surface area contributed by atoms with E-state index in [1.54, 1.807) is 52.1 Å². The van der Waals surface area contributed by atoms with Crippen LogP contribution in [0.25, 0.3) is 0 Å². The zero-order chi connectivity index (χ0) is 39.2. The Morgan fingerprint density at radius 1 is 1.07 bits per heavy atom. The molecule has 1 fully saturated rings. The summed E-state index contributed by atoms with van der Waals surface area (Å²) in [5, 5.41) is 10.2. The summed E-state index contributed by atoms with van der Waals surface area (Å²) in [7, 11) is 2.83. The number of aromatic nitrogens is 1. The van der Waals surface area contributed by atoms with Crippen LogP contribution in [0.4, 0.5) is 9.93 Å². The third-order valence-electron chi connectivity index (χ3n) is 8.20. The zero-order valence-electron chi connectivity index (χ0n) is 30.8. The van der Waals surface area contributed by atoms with Crippen LogP contribution < -0.4 is 15.4 Å². The van der Waals surface area contributed by atoms with Gasteiger partial charge in [0.1, 0.15) is 47.9 Å². The molecule has 0 spiro atoms. The van der Waals surface area contributed by atoms with E-state index < -0.39 is 40.9 Å². The van der Waals surface area contributed by atoms with E-state index in [9.17, 15) is 24.0 Å². The minimum Gasteiger partial charge on any atom is -0.497 e. The van der Waals surface area contributed by atoms with Crippen molar-refractivity contribution in [3.63, 3.8) is 0 Å². The molecule has 2 unspecified atom stereocenters. The van der Waals surface area contributed by atoms with Crippen molar-refractivity contribution in [3.8, 4) is 5.75 Å². The highest BCUT2D eigenvalue weighted by Gasteiger charge is 2.54. The number of carbonyl (C=O) groups is 5. The first-order valence-electron chi connectivity index (χ1n) is 16.7. The van der Waals surface area contributed by atoms with Crippen molar-refractivity contribution < 1.29 is 43.0 Å². The van der Waals surface area contributed by atoms with Crippen LogP contribution in [0.1, 0.15) is 55.6 Å². The molecule has 0 aliphatic carbocycles. The Hall–Kier alpha value is -4.87. The number of thiazole rings is 1. The highest BCUT2D eigenvalue weighted by Crippen LogP contribution is 2.42. The Morgan fingerprint density at radius 3 is 2.46 bits per heavy atom. The lowest BCUT2D eigenvalue weighted by molar-refractivity contribution is -0.153. The summed E-state index contributed by atoms with van der Waals surface area (Å²) in [6.07, 6.45) is -0.348. The largest absolute Gasteiger partial charge is 0.497 e. The average Bonchev–Trinajstić information content (AvgIpc) is 3.58. The molecule has 0 radical (unpaired) electrons. The number of fused-ring (bicyclic) bond motifs is 1. The van der Waals surface area contributed by atoms with Gasteiger partial charge in [-0.05, 0) is 74.1 Å². The number of β-lactam (4-membered cyclic amide) rings is 1. The molecule has 0 saturated carbocycles. The number of methoxy groups -OCH3 is 1. The van der Waals surface area contributed by atoms with E-state index in [-0.39, 0.29) is 34.0 Å². The molecular weight excluding hydrogens is 755 g/mol. The van der Waals surface area contributed by atoms with E-state index in [0.717, 1.165) is 33.6 Å². The number of anilines is 1. The quantitative estimate of drug-likeness (QED) is 0.0954. The molecule has 0 bridgehead atoms. The van der Waals surface area contributed by atoms with E-state index in [4.69, 9.17) is 19.0 Å². The summed E-state index contributed by atoms with van der Waals surface area (Å²) in [6.45, 7) is 8.65. The number of thioether (sulfide) groups is 2. The normalized spacial score (nSPS) is 16.9. The SMILES string of the molecule is CON=C(C(=O)NC1C(=O)N2C(C(=O)OCc3ccc(OC)cc3)=C(Cc3cccc(CSC(C)=O)c3C)CSC12)c1csc(NC(=O)OC(C)(C)C)n1. The number of nitrogens with one attached hydrogen (secondary N) is 2. The number of hydrogen-bond donors (Lipinski definition) is 2. The van der Waals surface area contributed by atoms with Crippen LogP contribution in [-0.4, -0.2) is 81.6 Å². The van der Waals surface area contributed by atoms with Crippen LogP contribution in [-0.2, 0) is 52.3 Å². The molecule has 17 heteroatoms. The van der Waals surface area contributed by atoms with Gasteiger partial charge in [0, 0.05) is 23.8 Å². The second kappa shape index (κ2) is 17.5. The van der Waals surface area contributed by atoms with Crippen molar-refractivity contribution in [1.29, 1.82) is 0 Å². The molecule has 2 N–H and O–H groups in total. The van der Waals surface area contributed by atoms with Gasteiger partial charge in [-0.2, -0.15) is 0 Å². The van der Waals surface area contributed by atoms with Crippen LogP contribution in [0.3, 0.4) is 0 Å². The molecule has 14 nitrogen and oxygen atoms in total. The number of carbonyl (C=O) groups excluding carboxylic acids is 5. The van der Waals surface area contributed by atoms with Crippen LogP contribution in [0.15, 0.2) is 64.3 Å². The van der Waals surface area contributed by atoms with Crippen molar-refractivity contribution in [3.05, 3.63) is 87.1 Å². The van der Waals surface area contributed by atoms with Crippen molar-refractivity contribution in [1.82, 2.24) is 15.2 Å². The Bertz CT molecular complexity index is 1990. The second-order valence-corrected chi connectivity index (χ2v) is 16.3. The highest BCUT2D eigenvalue weighted by atomic mass is 32.2. The molecule has 1 aromatic heterocycles. The first-order chi connectivity index (χ1) is 25.7. The van der Waals surface area contributed by atoms with Gasteiger partial charge >= 0.3 is 12.1 Å². The monoisotopic (exact) mass is 795 g/mol. The summed E-state index contributed by atoms with van der Waals surface area (Å²) in [5.41, 5.74) is 3.68. The Morgan fingerprint density at radius 2 is 1.80 bits per heavy atom. The number of ether oxygens (including phenoxy) is 3. The summed E-state index contributed by atoms with van der Waals surface area (Å²) in [5.74, 6) is -0.347. The topological polar surface area (TPSA) is 175 Å².